The van der Waals surface area contributed by atoms with Crippen molar-refractivity contribution in [1.82, 2.24) is 5.32 Å². The van der Waals surface area contributed by atoms with Crippen LogP contribution >= 0.6 is 0 Å². The average molecular weight is 373 g/mol. The Morgan fingerprint density at radius 3 is 2.48 bits per heavy atom. The lowest BCUT2D eigenvalue weighted by Crippen LogP contribution is -2.27. The molecule has 0 aliphatic heterocycles. The van der Waals surface area contributed by atoms with Crippen LogP contribution in [0, 0.1) is 5.82 Å². The van der Waals surface area contributed by atoms with Crippen LogP contribution in [0.3, 0.4) is 0 Å². The molecule has 0 aliphatic rings. The van der Waals surface area contributed by atoms with Crippen LogP contribution in [0.25, 0.3) is 0 Å². The van der Waals surface area contributed by atoms with Crippen molar-refractivity contribution in [1.29, 1.82) is 0 Å². The maximum absolute atomic E-state index is 13.9. The fraction of sp³-hybridized carbons (Fsp3) is 0.333. The number of carbonyl (C=O) groups is 2. The highest BCUT2D eigenvalue weighted by Gasteiger charge is 2.22. The van der Waals surface area contributed by atoms with E-state index in [0.29, 0.717) is 5.56 Å². The van der Waals surface area contributed by atoms with Crippen molar-refractivity contribution in [3.05, 3.63) is 71.0 Å². The van der Waals surface area contributed by atoms with Crippen molar-refractivity contribution in [2.24, 2.45) is 0 Å². The van der Waals surface area contributed by atoms with E-state index in [1.165, 1.54) is 13.2 Å². The lowest BCUT2D eigenvalue weighted by Gasteiger charge is -2.24. The van der Waals surface area contributed by atoms with E-state index in [9.17, 15) is 14.0 Å². The Labute approximate surface area is 158 Å². The molecule has 1 amide bonds. The molecule has 0 fully saturated rings. The average Bonchev–Trinajstić information content (AvgIpc) is 2.66. The number of methoxy groups -OCH3 is 1. The number of ether oxygens (including phenoxy) is 2. The number of hydrogen-bond acceptors (Lipinski definition) is 4. The van der Waals surface area contributed by atoms with Crippen LogP contribution in [0.5, 0.6) is 0 Å². The highest BCUT2D eigenvalue weighted by molar-refractivity contribution is 5.94. The molecule has 0 aromatic heterocycles. The molecule has 0 saturated carbocycles. The summed E-state index contributed by atoms with van der Waals surface area (Å²) in [5, 5.41) is 2.60. The van der Waals surface area contributed by atoms with Crippen LogP contribution in [-0.2, 0) is 26.5 Å². The fourth-order valence-electron chi connectivity index (χ4n) is 2.38. The van der Waals surface area contributed by atoms with Crippen molar-refractivity contribution in [3.63, 3.8) is 0 Å². The Morgan fingerprint density at radius 2 is 1.81 bits per heavy atom. The van der Waals surface area contributed by atoms with Gasteiger partial charge in [0.15, 0.2) is 0 Å². The van der Waals surface area contributed by atoms with E-state index in [4.69, 9.17) is 9.47 Å². The molecule has 0 unspecified atom stereocenters. The minimum Gasteiger partial charge on any atom is -0.461 e. The van der Waals surface area contributed by atoms with E-state index in [1.54, 1.807) is 19.9 Å². The number of hydrogen-bond donors (Lipinski definition) is 1. The molecule has 0 aliphatic carbocycles. The van der Waals surface area contributed by atoms with Crippen molar-refractivity contribution < 1.29 is 23.5 Å². The molecular formula is C21H24FNO4. The number of rotatable bonds is 8. The second-order valence-electron chi connectivity index (χ2n) is 6.60. The molecular weight excluding hydrogens is 349 g/mol. The van der Waals surface area contributed by atoms with E-state index < -0.39 is 23.3 Å². The van der Waals surface area contributed by atoms with Crippen LogP contribution in [0.1, 0.15) is 41.8 Å². The van der Waals surface area contributed by atoms with E-state index in [0.717, 1.165) is 11.6 Å². The summed E-state index contributed by atoms with van der Waals surface area (Å²) >= 11 is 0. The van der Waals surface area contributed by atoms with E-state index in [1.807, 2.05) is 30.3 Å². The van der Waals surface area contributed by atoms with Gasteiger partial charge in [0.2, 0.25) is 0 Å². The minimum atomic E-state index is -0.724. The molecule has 6 heteroatoms. The standard InChI is InChI=1S/C21H24FNO4/c1-21(2,26-3)17-11-16(12-18(22)13-17)20(25)23-10-9-19(24)27-14-15-7-5-4-6-8-15/h4-8,11-13H,9-10,14H2,1-3H3,(H,23,25). The Balaban J connectivity index is 1.86. The van der Waals surface area contributed by atoms with Gasteiger partial charge in [-0.1, -0.05) is 30.3 Å². The Morgan fingerprint density at radius 1 is 1.11 bits per heavy atom. The Kier molecular flexibility index (Phi) is 7.07. The first kappa shape index (κ1) is 20.6. The normalized spacial score (nSPS) is 11.1. The van der Waals surface area contributed by atoms with Gasteiger partial charge in [0.1, 0.15) is 12.4 Å². The number of amides is 1. The van der Waals surface area contributed by atoms with Crippen LogP contribution in [0.2, 0.25) is 0 Å². The zero-order valence-corrected chi connectivity index (χ0v) is 15.8. The second kappa shape index (κ2) is 9.28. The largest absolute Gasteiger partial charge is 0.461 e. The van der Waals surface area contributed by atoms with Crippen molar-refractivity contribution in [2.75, 3.05) is 13.7 Å². The molecule has 0 heterocycles. The molecule has 2 aromatic carbocycles. The maximum Gasteiger partial charge on any atom is 0.307 e. The van der Waals surface area contributed by atoms with Gasteiger partial charge in [0, 0.05) is 19.2 Å². The van der Waals surface area contributed by atoms with E-state index in [2.05, 4.69) is 5.32 Å². The Bertz CT molecular complexity index is 790. The first-order valence-corrected chi connectivity index (χ1v) is 8.66. The first-order valence-electron chi connectivity index (χ1n) is 8.66. The molecule has 1 N–H and O–H groups in total. The highest BCUT2D eigenvalue weighted by Crippen LogP contribution is 2.25. The zero-order chi connectivity index (χ0) is 19.9. The van der Waals surface area contributed by atoms with Crippen molar-refractivity contribution in [2.45, 2.75) is 32.5 Å². The van der Waals surface area contributed by atoms with Gasteiger partial charge in [0.25, 0.3) is 5.91 Å². The van der Waals surface area contributed by atoms with Crippen LogP contribution < -0.4 is 5.32 Å². The molecule has 144 valence electrons. The van der Waals surface area contributed by atoms with Gasteiger partial charge in [0.05, 0.1) is 12.0 Å². The number of nitrogens with one attached hydrogen (secondary N) is 1. The summed E-state index contributed by atoms with van der Waals surface area (Å²) < 4.78 is 24.3. The summed E-state index contributed by atoms with van der Waals surface area (Å²) in [6, 6.07) is 13.4. The summed E-state index contributed by atoms with van der Waals surface area (Å²) in [5.41, 5.74) is 0.895. The van der Waals surface area contributed by atoms with Crippen molar-refractivity contribution in [3.8, 4) is 0 Å². The smallest absolute Gasteiger partial charge is 0.307 e. The summed E-state index contributed by atoms with van der Waals surface area (Å²) in [6.07, 6.45) is 0.0321. The Hall–Kier alpha value is -2.73. The first-order chi connectivity index (χ1) is 12.8. The molecule has 0 bridgehead atoms. The third-order valence-electron chi connectivity index (χ3n) is 4.22. The quantitative estimate of drug-likeness (QED) is 0.719. The van der Waals surface area contributed by atoms with Gasteiger partial charge in [-0.25, -0.2) is 4.39 Å². The van der Waals surface area contributed by atoms with Gasteiger partial charge in [-0.05, 0) is 43.2 Å². The SMILES string of the molecule is COC(C)(C)c1cc(F)cc(C(=O)NCCC(=O)OCc2ccccc2)c1. The third-order valence-corrected chi connectivity index (χ3v) is 4.22. The van der Waals surface area contributed by atoms with E-state index >= 15 is 0 Å². The van der Waals surface area contributed by atoms with Crippen LogP contribution in [0.4, 0.5) is 4.39 Å². The van der Waals surface area contributed by atoms with Crippen LogP contribution in [0.15, 0.2) is 48.5 Å². The molecule has 0 radical (unpaired) electrons. The molecule has 5 nitrogen and oxygen atoms in total. The summed E-state index contributed by atoms with van der Waals surface area (Å²) in [5.74, 6) is -1.40. The van der Waals surface area contributed by atoms with Crippen molar-refractivity contribution >= 4 is 11.9 Å². The molecule has 0 atom stereocenters. The predicted molar refractivity (Wildman–Crippen MR) is 99.6 cm³/mol. The number of carbonyl (C=O) groups excluding carboxylic acids is 2. The molecule has 2 rings (SSSR count). The van der Waals surface area contributed by atoms with Gasteiger partial charge < -0.3 is 14.8 Å². The monoisotopic (exact) mass is 373 g/mol. The number of halogens is 1. The minimum absolute atomic E-state index is 0.0321. The lowest BCUT2D eigenvalue weighted by atomic mass is 9.95. The summed E-state index contributed by atoms with van der Waals surface area (Å²) in [7, 11) is 1.52. The summed E-state index contributed by atoms with van der Waals surface area (Å²) in [6.45, 7) is 3.86. The zero-order valence-electron chi connectivity index (χ0n) is 15.8. The van der Waals surface area contributed by atoms with Gasteiger partial charge in [-0.15, -0.1) is 0 Å². The van der Waals surface area contributed by atoms with E-state index in [-0.39, 0.29) is 25.1 Å². The predicted octanol–water partition coefficient (Wildman–Crippen LogP) is 3.57. The topological polar surface area (TPSA) is 64.6 Å². The number of esters is 1. The lowest BCUT2D eigenvalue weighted by molar-refractivity contribution is -0.144. The van der Waals surface area contributed by atoms with Gasteiger partial charge >= 0.3 is 5.97 Å². The fourth-order valence-corrected chi connectivity index (χ4v) is 2.38. The third kappa shape index (κ3) is 6.18. The molecule has 0 saturated heterocycles. The molecule has 2 aromatic rings. The maximum atomic E-state index is 13.9. The molecule has 0 spiro atoms. The second-order valence-corrected chi connectivity index (χ2v) is 6.60. The molecule has 27 heavy (non-hydrogen) atoms. The highest BCUT2D eigenvalue weighted by atomic mass is 19.1. The van der Waals surface area contributed by atoms with Gasteiger partial charge in [-0.2, -0.15) is 0 Å². The number of benzene rings is 2. The van der Waals surface area contributed by atoms with Crippen LogP contribution in [-0.4, -0.2) is 25.5 Å². The summed E-state index contributed by atoms with van der Waals surface area (Å²) in [4.78, 5) is 24.0. The van der Waals surface area contributed by atoms with Gasteiger partial charge in [-0.3, -0.25) is 9.59 Å².